The number of benzene rings is 3. The second-order valence-electron chi connectivity index (χ2n) is 7.61. The number of imide groups is 1. The number of amides is 2. The molecule has 0 aliphatic carbocycles. The second-order valence-corrected chi connectivity index (χ2v) is 8.60. The lowest BCUT2D eigenvalue weighted by atomic mass is 10.1. The van der Waals surface area contributed by atoms with Gasteiger partial charge < -0.3 is 9.47 Å². The lowest BCUT2D eigenvalue weighted by Crippen LogP contribution is -2.29. The molecule has 33 heavy (non-hydrogen) atoms. The molecule has 5 nitrogen and oxygen atoms in total. The third-order valence-electron chi connectivity index (χ3n) is 5.29. The van der Waals surface area contributed by atoms with Crippen LogP contribution in [-0.4, -0.2) is 29.7 Å². The Morgan fingerprint density at radius 1 is 0.879 bits per heavy atom. The molecular weight excluding hydrogens is 434 g/mol. The van der Waals surface area contributed by atoms with Crippen molar-refractivity contribution in [1.82, 2.24) is 4.90 Å². The fraction of sp³-hybridized carbons (Fsp3) is 0.185. The molecular formula is C27H25NO4S. The van der Waals surface area contributed by atoms with Gasteiger partial charge in [-0.05, 0) is 59.5 Å². The molecule has 1 aliphatic rings. The van der Waals surface area contributed by atoms with Crippen LogP contribution in [-0.2, 0) is 17.8 Å². The van der Waals surface area contributed by atoms with Gasteiger partial charge in [0.1, 0.15) is 6.61 Å². The molecule has 168 valence electrons. The molecule has 1 saturated heterocycles. The molecule has 6 heteroatoms. The summed E-state index contributed by atoms with van der Waals surface area (Å²) in [6, 6.07) is 25.4. The monoisotopic (exact) mass is 459 g/mol. The molecule has 3 aromatic carbocycles. The van der Waals surface area contributed by atoms with Crippen molar-refractivity contribution in [2.75, 3.05) is 13.7 Å². The highest BCUT2D eigenvalue weighted by molar-refractivity contribution is 8.18. The van der Waals surface area contributed by atoms with Gasteiger partial charge in [-0.15, -0.1) is 0 Å². The van der Waals surface area contributed by atoms with Gasteiger partial charge in [0.15, 0.2) is 11.5 Å². The van der Waals surface area contributed by atoms with Gasteiger partial charge in [-0.2, -0.15) is 0 Å². The Labute approximate surface area is 198 Å². The summed E-state index contributed by atoms with van der Waals surface area (Å²) in [4.78, 5) is 27.0. The van der Waals surface area contributed by atoms with Crippen LogP contribution in [0.2, 0.25) is 0 Å². The van der Waals surface area contributed by atoms with Crippen LogP contribution in [0.25, 0.3) is 6.08 Å². The largest absolute Gasteiger partial charge is 0.493 e. The number of thioether (sulfide) groups is 1. The van der Waals surface area contributed by atoms with Gasteiger partial charge in [0.2, 0.25) is 0 Å². The second kappa shape index (κ2) is 10.9. The van der Waals surface area contributed by atoms with Crippen LogP contribution in [0.3, 0.4) is 0 Å². The topological polar surface area (TPSA) is 55.8 Å². The molecule has 0 atom stereocenters. The number of hydrogen-bond acceptors (Lipinski definition) is 5. The highest BCUT2D eigenvalue weighted by Gasteiger charge is 2.34. The van der Waals surface area contributed by atoms with Crippen LogP contribution in [0.4, 0.5) is 4.79 Å². The molecule has 0 spiro atoms. The maximum atomic E-state index is 12.8. The van der Waals surface area contributed by atoms with Crippen molar-refractivity contribution in [3.05, 3.63) is 100 Å². The van der Waals surface area contributed by atoms with Gasteiger partial charge in [0, 0.05) is 6.54 Å². The van der Waals surface area contributed by atoms with Crippen molar-refractivity contribution >= 4 is 29.0 Å². The summed E-state index contributed by atoms with van der Waals surface area (Å²) in [5, 5.41) is -0.228. The average Bonchev–Trinajstić information content (AvgIpc) is 3.11. The first kappa shape index (κ1) is 22.7. The Morgan fingerprint density at radius 2 is 1.58 bits per heavy atom. The van der Waals surface area contributed by atoms with Crippen LogP contribution in [0.1, 0.15) is 23.1 Å². The Morgan fingerprint density at radius 3 is 2.27 bits per heavy atom. The Kier molecular flexibility index (Phi) is 7.47. The highest BCUT2D eigenvalue weighted by Crippen LogP contribution is 2.35. The zero-order valence-electron chi connectivity index (χ0n) is 18.4. The third-order valence-corrected chi connectivity index (χ3v) is 6.19. The Balaban J connectivity index is 1.43. The van der Waals surface area contributed by atoms with Crippen molar-refractivity contribution in [1.29, 1.82) is 0 Å². The van der Waals surface area contributed by atoms with Gasteiger partial charge in [-0.25, -0.2) is 0 Å². The molecule has 4 rings (SSSR count). The minimum absolute atomic E-state index is 0.228. The fourth-order valence-corrected chi connectivity index (χ4v) is 4.43. The van der Waals surface area contributed by atoms with Gasteiger partial charge >= 0.3 is 0 Å². The molecule has 2 amide bonds. The third kappa shape index (κ3) is 5.84. The first-order valence-corrected chi connectivity index (χ1v) is 11.6. The number of carbonyl (C=O) groups is 2. The standard InChI is InChI=1S/C27H25NO4S/c1-31-23-15-14-22(17-24(23)32-19-21-11-6-3-7-12-21)18-25-26(29)28(27(30)33-25)16-8-13-20-9-4-2-5-10-20/h2-7,9-12,14-15,17-18H,8,13,16,19H2,1H3/b25-18+. The van der Waals surface area contributed by atoms with Crippen LogP contribution in [0, 0.1) is 0 Å². The summed E-state index contributed by atoms with van der Waals surface area (Å²) in [5.74, 6) is 0.940. The minimum atomic E-state index is -0.249. The van der Waals surface area contributed by atoms with Crippen LogP contribution in [0.15, 0.2) is 83.8 Å². The van der Waals surface area contributed by atoms with E-state index in [1.165, 1.54) is 10.5 Å². The lowest BCUT2D eigenvalue weighted by molar-refractivity contribution is -0.122. The van der Waals surface area contributed by atoms with E-state index in [1.54, 1.807) is 19.3 Å². The van der Waals surface area contributed by atoms with Gasteiger partial charge in [0.05, 0.1) is 12.0 Å². The smallest absolute Gasteiger partial charge is 0.293 e. The molecule has 0 unspecified atom stereocenters. The van der Waals surface area contributed by atoms with E-state index in [0.717, 1.165) is 35.7 Å². The van der Waals surface area contributed by atoms with Crippen molar-refractivity contribution in [2.24, 2.45) is 0 Å². The summed E-state index contributed by atoms with van der Waals surface area (Å²) >= 11 is 0.975. The van der Waals surface area contributed by atoms with Gasteiger partial charge in [-0.3, -0.25) is 14.5 Å². The van der Waals surface area contributed by atoms with Crippen molar-refractivity contribution in [3.63, 3.8) is 0 Å². The maximum absolute atomic E-state index is 12.8. The van der Waals surface area contributed by atoms with E-state index >= 15 is 0 Å². The van der Waals surface area contributed by atoms with Crippen molar-refractivity contribution in [2.45, 2.75) is 19.4 Å². The molecule has 3 aromatic rings. The summed E-state index contributed by atoms with van der Waals surface area (Å²) in [6.45, 7) is 0.809. The molecule has 0 bridgehead atoms. The lowest BCUT2D eigenvalue weighted by Gasteiger charge is -2.12. The summed E-state index contributed by atoms with van der Waals surface area (Å²) in [6.07, 6.45) is 3.29. The van der Waals surface area contributed by atoms with E-state index in [1.807, 2.05) is 60.7 Å². The van der Waals surface area contributed by atoms with E-state index in [0.29, 0.717) is 29.6 Å². The summed E-state index contributed by atoms with van der Waals surface area (Å²) < 4.78 is 11.4. The average molecular weight is 460 g/mol. The van der Waals surface area contributed by atoms with Crippen LogP contribution >= 0.6 is 11.8 Å². The normalized spacial score (nSPS) is 14.7. The molecule has 1 heterocycles. The van der Waals surface area contributed by atoms with E-state index in [2.05, 4.69) is 12.1 Å². The van der Waals surface area contributed by atoms with Gasteiger partial charge in [-0.1, -0.05) is 66.7 Å². The number of ether oxygens (including phenoxy) is 2. The number of carbonyl (C=O) groups excluding carboxylic acids is 2. The highest BCUT2D eigenvalue weighted by atomic mass is 32.2. The fourth-order valence-electron chi connectivity index (χ4n) is 3.56. The van der Waals surface area contributed by atoms with E-state index in [9.17, 15) is 9.59 Å². The number of methoxy groups -OCH3 is 1. The van der Waals surface area contributed by atoms with Gasteiger partial charge in [0.25, 0.3) is 11.1 Å². The SMILES string of the molecule is COc1ccc(/C=C2/SC(=O)N(CCCc3ccccc3)C2=O)cc1OCc1ccccc1. The first-order chi connectivity index (χ1) is 16.1. The van der Waals surface area contributed by atoms with Crippen molar-refractivity contribution < 1.29 is 19.1 Å². The molecule has 0 aromatic heterocycles. The molecule has 0 saturated carbocycles. The van der Waals surface area contributed by atoms with E-state index in [4.69, 9.17) is 9.47 Å². The van der Waals surface area contributed by atoms with E-state index < -0.39 is 0 Å². The zero-order valence-corrected chi connectivity index (χ0v) is 19.2. The Hall–Kier alpha value is -3.51. The first-order valence-electron chi connectivity index (χ1n) is 10.8. The zero-order chi connectivity index (χ0) is 23.0. The predicted molar refractivity (Wildman–Crippen MR) is 131 cm³/mol. The van der Waals surface area contributed by atoms with Crippen molar-refractivity contribution in [3.8, 4) is 11.5 Å². The summed E-state index contributed by atoms with van der Waals surface area (Å²) in [7, 11) is 1.59. The number of nitrogens with zero attached hydrogens (tertiary/aromatic N) is 1. The molecule has 0 radical (unpaired) electrons. The number of aryl methyl sites for hydroxylation is 1. The summed E-state index contributed by atoms with van der Waals surface area (Å²) in [5.41, 5.74) is 3.01. The molecule has 1 aliphatic heterocycles. The quantitative estimate of drug-likeness (QED) is 0.371. The van der Waals surface area contributed by atoms with Crippen LogP contribution < -0.4 is 9.47 Å². The minimum Gasteiger partial charge on any atom is -0.493 e. The maximum Gasteiger partial charge on any atom is 0.293 e. The van der Waals surface area contributed by atoms with E-state index in [-0.39, 0.29) is 11.1 Å². The Bertz CT molecular complexity index is 1150. The number of rotatable bonds is 9. The van der Waals surface area contributed by atoms with Crippen LogP contribution in [0.5, 0.6) is 11.5 Å². The predicted octanol–water partition coefficient (Wildman–Crippen LogP) is 5.94. The number of hydrogen-bond donors (Lipinski definition) is 0. The molecule has 1 fully saturated rings. The molecule has 0 N–H and O–H groups in total.